The Morgan fingerprint density at radius 2 is 1.03 bits per heavy atom. The fourth-order valence-corrected chi connectivity index (χ4v) is 13.0. The van der Waals surface area contributed by atoms with Gasteiger partial charge in [0.2, 0.25) is 0 Å². The summed E-state index contributed by atoms with van der Waals surface area (Å²) in [6.07, 6.45) is 2.10. The number of fused-ring (bicyclic) bond motifs is 6. The molecule has 11 rings (SSSR count). The molecule has 0 bridgehead atoms. The normalized spacial score (nSPS) is 18.9. The molecule has 7 aromatic carbocycles. The Kier molecular flexibility index (Phi) is 7.99. The van der Waals surface area contributed by atoms with E-state index in [1.165, 1.54) is 44.3 Å². The SMILES string of the molecule is [2H]C([2H])([2H])c1cc2c3c(c1)N(c1ccc(C(C)(C)C)cc1-c1ccccc1)c1ccc(-c4ccccc4)cc1B3c1cc3c(cc1N2c1ccc2c(c1)C(C)(C)CC2(C)C)C(C)(C)CC3(C)C. The second kappa shape index (κ2) is 13.6. The van der Waals surface area contributed by atoms with Crippen LogP contribution in [-0.4, -0.2) is 6.71 Å². The Bertz CT molecular complexity index is 3170. The zero-order chi connectivity index (χ0) is 47.4. The van der Waals surface area contributed by atoms with Gasteiger partial charge in [-0.25, -0.2) is 0 Å². The monoisotopic (exact) mass is 838 g/mol. The van der Waals surface area contributed by atoms with Crippen LogP contribution in [0.3, 0.4) is 0 Å². The quantitative estimate of drug-likeness (QED) is 0.163. The van der Waals surface area contributed by atoms with E-state index in [4.69, 9.17) is 4.11 Å². The first-order valence-electron chi connectivity index (χ1n) is 25.0. The minimum Gasteiger partial charge on any atom is -0.311 e. The van der Waals surface area contributed by atoms with Crippen LogP contribution in [0.25, 0.3) is 22.3 Å². The first-order valence-corrected chi connectivity index (χ1v) is 23.5. The lowest BCUT2D eigenvalue weighted by Gasteiger charge is -2.45. The zero-order valence-electron chi connectivity index (χ0n) is 42.7. The fraction of sp³-hybridized carbons (Fsp3) is 0.311. The molecular formula is C61H63BN2. The van der Waals surface area contributed by atoms with E-state index in [0.717, 1.165) is 69.1 Å². The van der Waals surface area contributed by atoms with E-state index in [0.29, 0.717) is 5.56 Å². The third-order valence-electron chi connectivity index (χ3n) is 15.4. The van der Waals surface area contributed by atoms with Gasteiger partial charge in [-0.15, -0.1) is 0 Å². The van der Waals surface area contributed by atoms with Crippen molar-refractivity contribution in [3.63, 3.8) is 0 Å². The van der Waals surface area contributed by atoms with E-state index in [1.54, 1.807) is 0 Å². The first-order chi connectivity index (χ1) is 31.4. The van der Waals surface area contributed by atoms with Gasteiger partial charge >= 0.3 is 0 Å². The van der Waals surface area contributed by atoms with Gasteiger partial charge in [0.1, 0.15) is 0 Å². The molecule has 2 aliphatic carbocycles. The Morgan fingerprint density at radius 1 is 0.469 bits per heavy atom. The molecule has 0 aromatic heterocycles. The maximum Gasteiger partial charge on any atom is 0.252 e. The van der Waals surface area contributed by atoms with Gasteiger partial charge in [-0.05, 0) is 162 Å². The largest absolute Gasteiger partial charge is 0.311 e. The van der Waals surface area contributed by atoms with E-state index in [-0.39, 0.29) is 33.8 Å². The van der Waals surface area contributed by atoms with Crippen LogP contribution in [0, 0.1) is 6.85 Å². The van der Waals surface area contributed by atoms with Gasteiger partial charge in [0.25, 0.3) is 6.71 Å². The second-order valence-electron chi connectivity index (χ2n) is 23.1. The molecule has 0 amide bonds. The zero-order valence-corrected chi connectivity index (χ0v) is 39.7. The Balaban J connectivity index is 1.29. The minimum absolute atomic E-state index is 0.0312. The van der Waals surface area contributed by atoms with Crippen LogP contribution in [0.5, 0.6) is 0 Å². The minimum atomic E-state index is -2.37. The number of aryl methyl sites for hydroxylation is 1. The van der Waals surface area contributed by atoms with Crippen LogP contribution in [0.15, 0.2) is 140 Å². The van der Waals surface area contributed by atoms with Crippen LogP contribution in [-0.2, 0) is 27.1 Å². The summed E-state index contributed by atoms with van der Waals surface area (Å²) in [5.74, 6) is 0. The molecule has 0 saturated carbocycles. The van der Waals surface area contributed by atoms with Crippen molar-refractivity contribution < 1.29 is 4.11 Å². The summed E-state index contributed by atoms with van der Waals surface area (Å²) in [4.78, 5) is 4.86. The van der Waals surface area contributed by atoms with Crippen molar-refractivity contribution in [3.05, 3.63) is 173 Å². The van der Waals surface area contributed by atoms with Gasteiger partial charge in [-0.2, -0.15) is 0 Å². The van der Waals surface area contributed by atoms with E-state index < -0.39 is 6.85 Å². The van der Waals surface area contributed by atoms with Crippen molar-refractivity contribution in [1.82, 2.24) is 0 Å². The lowest BCUT2D eigenvalue weighted by molar-refractivity contribution is 0.403. The highest BCUT2D eigenvalue weighted by atomic mass is 15.2. The average Bonchev–Trinajstić information content (AvgIpc) is 3.58. The third-order valence-corrected chi connectivity index (χ3v) is 15.4. The molecule has 0 atom stereocenters. The molecule has 0 saturated heterocycles. The summed E-state index contributed by atoms with van der Waals surface area (Å²) in [7, 11) is 0. The maximum atomic E-state index is 9.15. The highest BCUT2D eigenvalue weighted by Gasteiger charge is 2.49. The molecule has 7 aromatic rings. The molecule has 4 aliphatic rings. The summed E-state index contributed by atoms with van der Waals surface area (Å²) >= 11 is 0. The van der Waals surface area contributed by atoms with Gasteiger partial charge in [0.15, 0.2) is 0 Å². The number of nitrogens with zero attached hydrogens (tertiary/aromatic N) is 2. The lowest BCUT2D eigenvalue weighted by atomic mass is 9.33. The molecule has 0 radical (unpaired) electrons. The molecule has 2 nitrogen and oxygen atoms in total. The molecule has 0 N–H and O–H groups in total. The fourth-order valence-electron chi connectivity index (χ4n) is 13.0. The Labute approximate surface area is 387 Å². The summed E-state index contributed by atoms with van der Waals surface area (Å²) < 4.78 is 27.4. The summed E-state index contributed by atoms with van der Waals surface area (Å²) in [6, 6.07) is 51.5. The molecular weight excluding hydrogens is 771 g/mol. The predicted molar refractivity (Wildman–Crippen MR) is 276 cm³/mol. The lowest BCUT2D eigenvalue weighted by Crippen LogP contribution is -2.61. The summed E-state index contributed by atoms with van der Waals surface area (Å²) in [6.45, 7) is 23.4. The smallest absolute Gasteiger partial charge is 0.252 e. The molecule has 0 unspecified atom stereocenters. The van der Waals surface area contributed by atoms with Crippen molar-refractivity contribution in [1.29, 1.82) is 0 Å². The summed E-state index contributed by atoms with van der Waals surface area (Å²) in [5.41, 5.74) is 21.2. The highest BCUT2D eigenvalue weighted by Crippen LogP contribution is 2.55. The number of rotatable bonds is 4. The van der Waals surface area contributed by atoms with Crippen molar-refractivity contribution in [2.24, 2.45) is 0 Å². The molecule has 0 spiro atoms. The van der Waals surface area contributed by atoms with Crippen LogP contribution in [0.1, 0.15) is 126 Å². The van der Waals surface area contributed by atoms with Crippen molar-refractivity contribution in [3.8, 4) is 22.3 Å². The van der Waals surface area contributed by atoms with Crippen molar-refractivity contribution in [2.75, 3.05) is 9.80 Å². The van der Waals surface area contributed by atoms with Crippen molar-refractivity contribution in [2.45, 2.75) is 123 Å². The average molecular weight is 838 g/mol. The van der Waals surface area contributed by atoms with Gasteiger partial charge in [0, 0.05) is 38.1 Å². The maximum absolute atomic E-state index is 9.15. The van der Waals surface area contributed by atoms with Gasteiger partial charge in [-0.3, -0.25) is 0 Å². The number of benzene rings is 7. The molecule has 320 valence electrons. The molecule has 2 heterocycles. The van der Waals surface area contributed by atoms with Crippen LogP contribution < -0.4 is 26.2 Å². The molecule has 64 heavy (non-hydrogen) atoms. The molecule has 2 aliphatic heterocycles. The van der Waals surface area contributed by atoms with Crippen LogP contribution in [0.2, 0.25) is 0 Å². The summed E-state index contributed by atoms with van der Waals surface area (Å²) in [5, 5.41) is 0. The predicted octanol–water partition coefficient (Wildman–Crippen LogP) is 14.6. The van der Waals surface area contributed by atoms with Crippen molar-refractivity contribution >= 4 is 57.2 Å². The van der Waals surface area contributed by atoms with E-state index in [2.05, 4.69) is 213 Å². The first kappa shape index (κ1) is 37.6. The van der Waals surface area contributed by atoms with E-state index >= 15 is 0 Å². The Hall–Kier alpha value is -5.80. The molecule has 0 fully saturated rings. The van der Waals surface area contributed by atoms with E-state index in [1.807, 2.05) is 12.1 Å². The molecule has 3 heteroatoms. The standard InChI is InChI=1S/C61H63BN2/c1-38-29-54-56-55(30-38)64(51-28-24-42(57(2,3)4)32-44(51)40-21-17-14-18-22-40)52-27-23-41(39-19-15-13-16-20-39)31-49(52)62(56)50-34-47-48(61(11,12)37-60(47,9)10)35-53(50)63(54)43-25-26-45-46(33-43)59(7,8)36-58(45,5)6/h13-35H,36-37H2,1-12H3/i1D3. The highest BCUT2D eigenvalue weighted by molar-refractivity contribution is 7.00. The van der Waals surface area contributed by atoms with Crippen LogP contribution in [0.4, 0.5) is 34.1 Å². The van der Waals surface area contributed by atoms with E-state index in [9.17, 15) is 0 Å². The number of hydrogen-bond donors (Lipinski definition) is 0. The number of hydrogen-bond acceptors (Lipinski definition) is 2. The van der Waals surface area contributed by atoms with Crippen LogP contribution >= 0.6 is 0 Å². The third kappa shape index (κ3) is 6.13. The van der Waals surface area contributed by atoms with Gasteiger partial charge in [0.05, 0.1) is 5.69 Å². The second-order valence-corrected chi connectivity index (χ2v) is 23.1. The topological polar surface area (TPSA) is 6.48 Å². The van der Waals surface area contributed by atoms with Gasteiger partial charge < -0.3 is 9.80 Å². The van der Waals surface area contributed by atoms with Gasteiger partial charge in [-0.1, -0.05) is 167 Å². The number of anilines is 6. The Morgan fingerprint density at radius 3 is 1.67 bits per heavy atom.